The van der Waals surface area contributed by atoms with Gasteiger partial charge in [-0.2, -0.15) is 0 Å². The van der Waals surface area contributed by atoms with Gasteiger partial charge in [-0.3, -0.25) is 14.4 Å². The first-order valence-corrected chi connectivity index (χ1v) is 12.9. The number of nitrogens with zero attached hydrogens (tertiary/aromatic N) is 3. The molecule has 11 heteroatoms. The number of thioether (sulfide) groups is 1. The van der Waals surface area contributed by atoms with Crippen LogP contribution in [0.3, 0.4) is 0 Å². The van der Waals surface area contributed by atoms with E-state index < -0.39 is 10.0 Å². The largest absolute Gasteiger partial charge is 0.296 e. The second kappa shape index (κ2) is 9.78. The van der Waals surface area contributed by atoms with Crippen molar-refractivity contribution in [2.45, 2.75) is 17.8 Å². The van der Waals surface area contributed by atoms with Crippen molar-refractivity contribution in [3.05, 3.63) is 64.7 Å². The number of hydrogen-bond acceptors (Lipinski definition) is 7. The minimum Gasteiger partial charge on any atom is -0.296 e. The highest BCUT2D eigenvalue weighted by Crippen LogP contribution is 2.26. The van der Waals surface area contributed by atoms with Crippen LogP contribution < -0.4 is 9.62 Å². The van der Waals surface area contributed by atoms with Gasteiger partial charge in [-0.25, -0.2) is 8.42 Å². The number of benzene rings is 2. The molecule has 0 fully saturated rings. The fourth-order valence-electron chi connectivity index (χ4n) is 2.55. The molecule has 158 valence electrons. The average Bonchev–Trinajstić information content (AvgIpc) is 3.14. The highest BCUT2D eigenvalue weighted by Gasteiger charge is 2.19. The van der Waals surface area contributed by atoms with E-state index in [4.69, 9.17) is 11.6 Å². The van der Waals surface area contributed by atoms with Gasteiger partial charge in [0.25, 0.3) is 5.91 Å². The molecule has 0 saturated heterocycles. The van der Waals surface area contributed by atoms with E-state index in [9.17, 15) is 13.2 Å². The zero-order valence-electron chi connectivity index (χ0n) is 16.2. The first-order valence-electron chi connectivity index (χ1n) is 8.86. The second-order valence-corrected chi connectivity index (χ2v) is 11.0. The number of rotatable bonds is 8. The Morgan fingerprint density at radius 2 is 1.80 bits per heavy atom. The molecule has 0 saturated carbocycles. The Balaban J connectivity index is 1.75. The summed E-state index contributed by atoms with van der Waals surface area (Å²) in [6.07, 6.45) is 1.14. The van der Waals surface area contributed by atoms with E-state index in [1.165, 1.54) is 15.6 Å². The molecule has 1 heterocycles. The van der Waals surface area contributed by atoms with Crippen LogP contribution in [0.25, 0.3) is 0 Å². The van der Waals surface area contributed by atoms with E-state index in [0.717, 1.165) is 21.9 Å². The summed E-state index contributed by atoms with van der Waals surface area (Å²) >= 11 is 8.76. The maximum Gasteiger partial charge on any atom is 0.257 e. The lowest BCUT2D eigenvalue weighted by molar-refractivity contribution is 0.102. The zero-order valence-corrected chi connectivity index (χ0v) is 19.4. The Labute approximate surface area is 188 Å². The van der Waals surface area contributed by atoms with Gasteiger partial charge in [0.1, 0.15) is 0 Å². The van der Waals surface area contributed by atoms with E-state index in [1.807, 2.05) is 6.92 Å². The van der Waals surface area contributed by atoms with Crippen molar-refractivity contribution in [3.8, 4) is 0 Å². The molecule has 0 spiro atoms. The third-order valence-electron chi connectivity index (χ3n) is 3.95. The van der Waals surface area contributed by atoms with Crippen LogP contribution in [0.4, 0.5) is 10.8 Å². The maximum atomic E-state index is 12.5. The second-order valence-electron chi connectivity index (χ2n) is 6.20. The lowest BCUT2D eigenvalue weighted by Gasteiger charge is -2.22. The summed E-state index contributed by atoms with van der Waals surface area (Å²) in [5.74, 6) is 0.533. The van der Waals surface area contributed by atoms with Gasteiger partial charge in [-0.05, 0) is 47.7 Å². The van der Waals surface area contributed by atoms with Crippen LogP contribution in [0, 0.1) is 0 Å². The number of halogens is 1. The minimum absolute atomic E-state index is 0.157. The van der Waals surface area contributed by atoms with Crippen molar-refractivity contribution >= 4 is 61.4 Å². The number of amides is 1. The molecule has 0 atom stereocenters. The topological polar surface area (TPSA) is 92.3 Å². The Hall–Kier alpha value is -2.14. The Kier molecular flexibility index (Phi) is 7.35. The lowest BCUT2D eigenvalue weighted by atomic mass is 10.2. The molecule has 3 aromatic rings. The molecule has 1 aromatic heterocycles. The number of carbonyl (C=O) groups is 1. The van der Waals surface area contributed by atoms with Crippen molar-refractivity contribution < 1.29 is 13.2 Å². The lowest BCUT2D eigenvalue weighted by Crippen LogP contribution is -2.29. The monoisotopic (exact) mass is 482 g/mol. The number of hydrogen-bond donors (Lipinski definition) is 1. The highest BCUT2D eigenvalue weighted by atomic mass is 35.5. The first-order chi connectivity index (χ1) is 14.3. The molecule has 1 N–H and O–H groups in total. The summed E-state index contributed by atoms with van der Waals surface area (Å²) < 4.78 is 26.7. The van der Waals surface area contributed by atoms with Crippen molar-refractivity contribution in [2.75, 3.05) is 21.6 Å². The number of aromatic nitrogens is 2. The maximum absolute atomic E-state index is 12.5. The van der Waals surface area contributed by atoms with Gasteiger partial charge in [0.15, 0.2) is 4.34 Å². The van der Waals surface area contributed by atoms with Crippen molar-refractivity contribution in [1.29, 1.82) is 0 Å². The Morgan fingerprint density at radius 3 is 2.40 bits per heavy atom. The van der Waals surface area contributed by atoms with Crippen LogP contribution in [-0.2, 0) is 16.6 Å². The summed E-state index contributed by atoms with van der Waals surface area (Å²) in [5.41, 5.74) is 1.64. The van der Waals surface area contributed by atoms with Crippen LogP contribution in [0.2, 0.25) is 5.02 Å². The van der Waals surface area contributed by atoms with E-state index in [0.29, 0.717) is 21.4 Å². The molecule has 0 bridgehead atoms. The van der Waals surface area contributed by atoms with Crippen LogP contribution in [-0.4, -0.2) is 36.5 Å². The fourth-order valence-corrected chi connectivity index (χ4v) is 5.20. The molecular formula is C19H19ClN4O3S3. The van der Waals surface area contributed by atoms with E-state index >= 15 is 0 Å². The Morgan fingerprint density at radius 1 is 1.13 bits per heavy atom. The van der Waals surface area contributed by atoms with Gasteiger partial charge in [0, 0.05) is 10.6 Å². The van der Waals surface area contributed by atoms with Crippen molar-refractivity contribution in [1.82, 2.24) is 10.2 Å². The SMILES string of the molecule is CCSc1nnc(NC(=O)c2ccc(N(Cc3ccc(Cl)cc3)S(C)(=O)=O)cc2)s1. The number of nitrogens with one attached hydrogen (secondary N) is 1. The molecule has 0 aliphatic rings. The molecule has 0 unspecified atom stereocenters. The zero-order chi connectivity index (χ0) is 21.7. The number of carbonyl (C=O) groups excluding carboxylic acids is 1. The summed E-state index contributed by atoms with van der Waals surface area (Å²) in [7, 11) is -3.53. The van der Waals surface area contributed by atoms with Crippen molar-refractivity contribution in [2.24, 2.45) is 0 Å². The van der Waals surface area contributed by atoms with Gasteiger partial charge < -0.3 is 0 Å². The third-order valence-corrected chi connectivity index (χ3v) is 7.20. The summed E-state index contributed by atoms with van der Waals surface area (Å²) in [6.45, 7) is 2.17. The van der Waals surface area contributed by atoms with Crippen LogP contribution in [0.5, 0.6) is 0 Å². The molecule has 2 aromatic carbocycles. The predicted octanol–water partition coefficient (Wildman–Crippen LogP) is 4.52. The smallest absolute Gasteiger partial charge is 0.257 e. The minimum atomic E-state index is -3.53. The number of anilines is 2. The van der Waals surface area contributed by atoms with E-state index in [-0.39, 0.29) is 12.5 Å². The van der Waals surface area contributed by atoms with Gasteiger partial charge in [0.05, 0.1) is 18.5 Å². The standard InChI is InChI=1S/C19H19ClN4O3S3/c1-3-28-19-23-22-18(29-19)21-17(25)14-6-10-16(11-7-14)24(30(2,26)27)12-13-4-8-15(20)9-5-13/h4-11H,3,12H2,1-2H3,(H,21,22,25). The van der Waals surface area contributed by atoms with Crippen LogP contribution in [0.15, 0.2) is 52.9 Å². The molecular weight excluding hydrogens is 464 g/mol. The quantitative estimate of drug-likeness (QED) is 0.375. The third kappa shape index (κ3) is 5.94. The molecule has 0 aliphatic carbocycles. The fraction of sp³-hybridized carbons (Fsp3) is 0.211. The summed E-state index contributed by atoms with van der Waals surface area (Å²) in [6, 6.07) is 13.3. The number of sulfonamides is 1. The van der Waals surface area contributed by atoms with Gasteiger partial charge >= 0.3 is 0 Å². The van der Waals surface area contributed by atoms with Crippen LogP contribution in [0.1, 0.15) is 22.8 Å². The molecule has 1 amide bonds. The van der Waals surface area contributed by atoms with Gasteiger partial charge in [-0.15, -0.1) is 10.2 Å². The molecule has 7 nitrogen and oxygen atoms in total. The molecule has 3 rings (SSSR count). The summed E-state index contributed by atoms with van der Waals surface area (Å²) in [5, 5.41) is 11.7. The molecule has 0 aliphatic heterocycles. The average molecular weight is 483 g/mol. The predicted molar refractivity (Wildman–Crippen MR) is 123 cm³/mol. The molecule has 0 radical (unpaired) electrons. The van der Waals surface area contributed by atoms with Gasteiger partial charge in [-0.1, -0.05) is 53.8 Å². The van der Waals surface area contributed by atoms with Crippen molar-refractivity contribution in [3.63, 3.8) is 0 Å². The van der Waals surface area contributed by atoms with E-state index in [2.05, 4.69) is 15.5 Å². The Bertz CT molecular complexity index is 1120. The summed E-state index contributed by atoms with van der Waals surface area (Å²) in [4.78, 5) is 12.5. The first kappa shape index (κ1) is 22.5. The van der Waals surface area contributed by atoms with E-state index in [1.54, 1.807) is 60.3 Å². The van der Waals surface area contributed by atoms with Crippen LogP contribution >= 0.6 is 34.7 Å². The molecule has 30 heavy (non-hydrogen) atoms. The van der Waals surface area contributed by atoms with Gasteiger partial charge in [0.2, 0.25) is 15.2 Å². The normalized spacial score (nSPS) is 11.3. The highest BCUT2D eigenvalue weighted by molar-refractivity contribution is 8.01.